The molecule has 2 rings (SSSR count). The van der Waals surface area contributed by atoms with Crippen molar-refractivity contribution in [3.05, 3.63) is 60.2 Å². The van der Waals surface area contributed by atoms with Crippen molar-refractivity contribution in [1.29, 1.82) is 0 Å². The zero-order chi connectivity index (χ0) is 14.4. The number of rotatable bonds is 3. The first-order valence-corrected chi connectivity index (χ1v) is 6.81. The topological polar surface area (TPSA) is 50.7 Å². The van der Waals surface area contributed by atoms with Gasteiger partial charge in [-0.3, -0.25) is 0 Å². The van der Waals surface area contributed by atoms with Crippen LogP contribution >= 0.6 is 0 Å². The predicted octanol–water partition coefficient (Wildman–Crippen LogP) is 2.28. The molecule has 0 aliphatic rings. The van der Waals surface area contributed by atoms with Gasteiger partial charge in [0.1, 0.15) is 0 Å². The Hall–Kier alpha value is -2.10. The molecule has 5 heteroatoms. The van der Waals surface area contributed by atoms with Crippen LogP contribution in [0.1, 0.15) is 10.4 Å². The van der Waals surface area contributed by atoms with E-state index in [1.807, 2.05) is 42.5 Å². The van der Waals surface area contributed by atoms with Crippen LogP contribution in [-0.2, 0) is 0 Å². The van der Waals surface area contributed by atoms with E-state index >= 15 is 0 Å². The molecule has 1 radical (unpaired) electrons. The molecule has 0 saturated carbocycles. The van der Waals surface area contributed by atoms with Gasteiger partial charge < -0.3 is 0 Å². The van der Waals surface area contributed by atoms with Gasteiger partial charge in [0.2, 0.25) is 0 Å². The summed E-state index contributed by atoms with van der Waals surface area (Å²) >= 11 is 2.74. The van der Waals surface area contributed by atoms with Crippen molar-refractivity contribution in [3.8, 4) is 5.75 Å². The molecule has 2 aromatic rings. The fourth-order valence-corrected chi connectivity index (χ4v) is 1.98. The van der Waals surface area contributed by atoms with Crippen LogP contribution in [0.4, 0.5) is 5.69 Å². The number of ether oxygens (including phenoxy) is 1. The molecule has 20 heavy (non-hydrogen) atoms. The van der Waals surface area contributed by atoms with Crippen LogP contribution in [0.2, 0.25) is 0 Å². The first-order chi connectivity index (χ1) is 9.69. The number of amides is 1. The van der Waals surface area contributed by atoms with Crippen LogP contribution in [0, 0.1) is 0 Å². The number of nitrogens with one attached hydrogen (secondary N) is 1. The second kappa shape index (κ2) is 6.89. The molecule has 0 saturated heterocycles. The summed E-state index contributed by atoms with van der Waals surface area (Å²) < 4.78 is 5.49. The molecule has 0 fully saturated rings. The zero-order valence-electron chi connectivity index (χ0n) is 10.9. The number of hydrogen-bond donors (Lipinski definition) is 1. The Bertz CT molecular complexity index is 610. The molecule has 0 aromatic heterocycles. The average Bonchev–Trinajstić information content (AvgIpc) is 2.49. The summed E-state index contributed by atoms with van der Waals surface area (Å²) in [6.45, 7) is 0. The average molecular weight is 332 g/mol. The summed E-state index contributed by atoms with van der Waals surface area (Å²) in [6.07, 6.45) is 0. The molecule has 0 aliphatic carbocycles. The third kappa shape index (κ3) is 3.95. The van der Waals surface area contributed by atoms with Crippen molar-refractivity contribution in [3.63, 3.8) is 0 Å². The summed E-state index contributed by atoms with van der Waals surface area (Å²) in [4.78, 5) is 16.2. The van der Waals surface area contributed by atoms with E-state index in [2.05, 4.69) is 26.3 Å². The number of aliphatic imine (C=N–C) groups is 1. The quantitative estimate of drug-likeness (QED) is 0.533. The number of carbonyl (C=O) groups is 1. The molecular formula is C15H13N2O2Se. The molecule has 2 aromatic carbocycles. The van der Waals surface area contributed by atoms with E-state index < -0.39 is 0 Å². The van der Waals surface area contributed by atoms with Gasteiger partial charge in [-0.2, -0.15) is 0 Å². The fourth-order valence-electron chi connectivity index (χ4n) is 1.56. The molecule has 0 spiro atoms. The van der Waals surface area contributed by atoms with Crippen LogP contribution in [0.25, 0.3) is 0 Å². The number of amidine groups is 1. The van der Waals surface area contributed by atoms with Crippen LogP contribution in [0.5, 0.6) is 5.75 Å². The van der Waals surface area contributed by atoms with Crippen molar-refractivity contribution >= 4 is 32.3 Å². The van der Waals surface area contributed by atoms with Gasteiger partial charge in [0.05, 0.1) is 0 Å². The van der Waals surface area contributed by atoms with Crippen molar-refractivity contribution in [2.45, 2.75) is 0 Å². The van der Waals surface area contributed by atoms with Gasteiger partial charge in [-0.05, 0) is 0 Å². The van der Waals surface area contributed by atoms with Crippen LogP contribution in [-0.4, -0.2) is 33.8 Å². The molecule has 0 heterocycles. The minimum absolute atomic E-state index is 0.198. The summed E-state index contributed by atoms with van der Waals surface area (Å²) in [6, 6.07) is 16.2. The Morgan fingerprint density at radius 1 is 1.10 bits per heavy atom. The summed E-state index contributed by atoms with van der Waals surface area (Å²) in [5, 5.41) is 2.70. The van der Waals surface area contributed by atoms with Crippen molar-refractivity contribution < 1.29 is 9.53 Å². The van der Waals surface area contributed by atoms with Gasteiger partial charge in [-0.25, -0.2) is 0 Å². The maximum absolute atomic E-state index is 11.9. The van der Waals surface area contributed by atoms with Gasteiger partial charge in [-0.1, -0.05) is 0 Å². The Morgan fingerprint density at radius 3 is 2.35 bits per heavy atom. The van der Waals surface area contributed by atoms with E-state index in [1.165, 1.54) is 0 Å². The van der Waals surface area contributed by atoms with Gasteiger partial charge in [-0.15, -0.1) is 0 Å². The van der Waals surface area contributed by atoms with Crippen molar-refractivity contribution in [1.82, 2.24) is 5.32 Å². The second-order valence-electron chi connectivity index (χ2n) is 3.94. The predicted molar refractivity (Wildman–Crippen MR) is 79.8 cm³/mol. The molecule has 101 valence electrons. The molecule has 0 bridgehead atoms. The Balaban J connectivity index is 2.05. The van der Waals surface area contributed by atoms with Gasteiger partial charge in [0, 0.05) is 0 Å². The van der Waals surface area contributed by atoms with Crippen LogP contribution in [0.15, 0.2) is 59.6 Å². The van der Waals surface area contributed by atoms with Crippen LogP contribution in [0.3, 0.4) is 0 Å². The van der Waals surface area contributed by atoms with E-state index in [9.17, 15) is 4.79 Å². The first-order valence-electron chi connectivity index (χ1n) is 5.95. The standard InChI is InChI=1S/C15H13N2O2Se/c1-19-13-9-7-12(8-10-13)16-15(20)17-14(18)11-5-3-2-4-6-11/h2-10H,1H3,(H,16,17,18). The second-order valence-corrected chi connectivity index (χ2v) is 4.75. The van der Waals surface area contributed by atoms with E-state index in [1.54, 1.807) is 19.2 Å². The third-order valence-corrected chi connectivity index (χ3v) is 2.97. The summed E-state index contributed by atoms with van der Waals surface area (Å²) in [5.74, 6) is 0.565. The van der Waals surface area contributed by atoms with Gasteiger partial charge in [0.15, 0.2) is 0 Å². The molecule has 0 atom stereocenters. The van der Waals surface area contributed by atoms with Gasteiger partial charge >= 0.3 is 125 Å². The number of benzene rings is 2. The number of nitrogens with zero attached hydrogens (tertiary/aromatic N) is 1. The maximum atomic E-state index is 11.9. The molecule has 0 aliphatic heterocycles. The van der Waals surface area contributed by atoms with E-state index in [0.29, 0.717) is 10.3 Å². The number of hydrogen-bond acceptors (Lipinski definition) is 3. The molecule has 4 nitrogen and oxygen atoms in total. The Labute approximate surface area is 125 Å². The van der Waals surface area contributed by atoms with Crippen molar-refractivity contribution in [2.24, 2.45) is 4.99 Å². The third-order valence-electron chi connectivity index (χ3n) is 2.56. The number of carbonyl (C=O) groups excluding carboxylic acids is 1. The van der Waals surface area contributed by atoms with Crippen LogP contribution < -0.4 is 10.1 Å². The molecule has 0 unspecified atom stereocenters. The Morgan fingerprint density at radius 2 is 1.75 bits per heavy atom. The SMILES string of the molecule is COc1ccc(N=C([Se])NC(=O)c2ccccc2)cc1. The first kappa shape index (κ1) is 14.3. The fraction of sp³-hybridized carbons (Fsp3) is 0.0667. The zero-order valence-corrected chi connectivity index (χ0v) is 12.6. The van der Waals surface area contributed by atoms with E-state index in [-0.39, 0.29) is 5.91 Å². The number of methoxy groups -OCH3 is 1. The monoisotopic (exact) mass is 333 g/mol. The molecular weight excluding hydrogens is 319 g/mol. The molecule has 1 amide bonds. The van der Waals surface area contributed by atoms with E-state index in [4.69, 9.17) is 4.74 Å². The van der Waals surface area contributed by atoms with Gasteiger partial charge in [0.25, 0.3) is 0 Å². The normalized spacial score (nSPS) is 10.9. The summed E-state index contributed by atoms with van der Waals surface area (Å²) in [5.41, 5.74) is 1.32. The molecule has 1 N–H and O–H groups in total. The summed E-state index contributed by atoms with van der Waals surface area (Å²) in [7, 11) is 1.61. The Kier molecular flexibility index (Phi) is 4.93. The minimum atomic E-state index is -0.198. The van der Waals surface area contributed by atoms with E-state index in [0.717, 1.165) is 11.4 Å². The van der Waals surface area contributed by atoms with Crippen molar-refractivity contribution in [2.75, 3.05) is 7.11 Å².